The fourth-order valence-corrected chi connectivity index (χ4v) is 1.06. The Morgan fingerprint density at radius 2 is 1.75 bits per heavy atom. The van der Waals surface area contributed by atoms with Crippen LogP contribution >= 0.6 is 0 Å². The van der Waals surface area contributed by atoms with E-state index in [9.17, 15) is 0 Å². The minimum absolute atomic E-state index is 0.468. The largest absolute Gasteiger partial charge is 0.0859 e. The Morgan fingerprint density at radius 3 is 2.08 bits per heavy atom. The van der Waals surface area contributed by atoms with Crippen LogP contribution in [0.15, 0.2) is 11.6 Å². The SMILES string of the molecule is CC(C)=CCCC(C)C(C)(C)C. The average molecular weight is 168 g/mol. The Bertz CT molecular complexity index is 142. The summed E-state index contributed by atoms with van der Waals surface area (Å²) < 4.78 is 0. The standard InChI is InChI=1S/C12H24/c1-10(2)8-7-9-11(3)12(4,5)6/h8,11H,7,9H2,1-6H3. The van der Waals surface area contributed by atoms with Crippen LogP contribution < -0.4 is 0 Å². The highest BCUT2D eigenvalue weighted by molar-refractivity contribution is 4.93. The minimum Gasteiger partial charge on any atom is -0.0859 e. The molecule has 0 saturated heterocycles. The topological polar surface area (TPSA) is 0 Å². The molecule has 0 heterocycles. The molecule has 0 bridgehead atoms. The monoisotopic (exact) mass is 168 g/mol. The highest BCUT2D eigenvalue weighted by Gasteiger charge is 2.18. The third-order valence-electron chi connectivity index (χ3n) is 2.63. The van der Waals surface area contributed by atoms with E-state index in [1.165, 1.54) is 18.4 Å². The predicted molar refractivity (Wildman–Crippen MR) is 57.3 cm³/mol. The Hall–Kier alpha value is -0.260. The van der Waals surface area contributed by atoms with Crippen molar-refractivity contribution in [2.45, 2.75) is 54.4 Å². The summed E-state index contributed by atoms with van der Waals surface area (Å²) in [5.74, 6) is 0.813. The lowest BCUT2D eigenvalue weighted by Crippen LogP contribution is -2.16. The van der Waals surface area contributed by atoms with Gasteiger partial charge >= 0.3 is 0 Å². The fourth-order valence-electron chi connectivity index (χ4n) is 1.06. The van der Waals surface area contributed by atoms with Crippen LogP contribution in [0.1, 0.15) is 54.4 Å². The van der Waals surface area contributed by atoms with Crippen LogP contribution in [0.3, 0.4) is 0 Å². The predicted octanol–water partition coefficient (Wildman–Crippen LogP) is 4.42. The van der Waals surface area contributed by atoms with Gasteiger partial charge in [0.2, 0.25) is 0 Å². The van der Waals surface area contributed by atoms with E-state index < -0.39 is 0 Å². The highest BCUT2D eigenvalue weighted by atomic mass is 14.2. The van der Waals surface area contributed by atoms with Crippen molar-refractivity contribution in [1.29, 1.82) is 0 Å². The molecule has 0 fully saturated rings. The lowest BCUT2D eigenvalue weighted by molar-refractivity contribution is 0.248. The van der Waals surface area contributed by atoms with Gasteiger partial charge in [0.25, 0.3) is 0 Å². The molecule has 0 nitrogen and oxygen atoms in total. The van der Waals surface area contributed by atoms with Gasteiger partial charge in [0, 0.05) is 0 Å². The summed E-state index contributed by atoms with van der Waals surface area (Å²) in [6.45, 7) is 13.6. The highest BCUT2D eigenvalue weighted by Crippen LogP contribution is 2.29. The molecule has 0 saturated carbocycles. The summed E-state index contributed by atoms with van der Waals surface area (Å²) in [7, 11) is 0. The summed E-state index contributed by atoms with van der Waals surface area (Å²) in [6, 6.07) is 0. The normalized spacial score (nSPS) is 14.2. The van der Waals surface area contributed by atoms with E-state index >= 15 is 0 Å². The molecular formula is C12H24. The molecule has 0 spiro atoms. The molecule has 72 valence electrons. The third-order valence-corrected chi connectivity index (χ3v) is 2.63. The Kier molecular flexibility index (Phi) is 4.59. The van der Waals surface area contributed by atoms with Crippen molar-refractivity contribution in [2.75, 3.05) is 0 Å². The molecule has 0 aliphatic heterocycles. The summed E-state index contributed by atoms with van der Waals surface area (Å²) >= 11 is 0. The first-order chi connectivity index (χ1) is 5.34. The first-order valence-corrected chi connectivity index (χ1v) is 4.97. The second kappa shape index (κ2) is 4.69. The van der Waals surface area contributed by atoms with E-state index in [1.54, 1.807) is 0 Å². The van der Waals surface area contributed by atoms with Gasteiger partial charge in [-0.25, -0.2) is 0 Å². The number of hydrogen-bond donors (Lipinski definition) is 0. The maximum atomic E-state index is 2.35. The van der Waals surface area contributed by atoms with Crippen LogP contribution in [0.25, 0.3) is 0 Å². The van der Waals surface area contributed by atoms with Crippen molar-refractivity contribution in [2.24, 2.45) is 11.3 Å². The molecule has 0 amide bonds. The van der Waals surface area contributed by atoms with E-state index in [0.717, 1.165) is 5.92 Å². The van der Waals surface area contributed by atoms with Gasteiger partial charge in [0.05, 0.1) is 0 Å². The first kappa shape index (κ1) is 11.7. The van der Waals surface area contributed by atoms with Crippen molar-refractivity contribution in [3.8, 4) is 0 Å². The van der Waals surface area contributed by atoms with Crippen LogP contribution in [0.4, 0.5) is 0 Å². The molecule has 0 rings (SSSR count). The van der Waals surface area contributed by atoms with Gasteiger partial charge in [-0.2, -0.15) is 0 Å². The smallest absolute Gasteiger partial charge is 0.0346 e. The van der Waals surface area contributed by atoms with Crippen molar-refractivity contribution < 1.29 is 0 Å². The van der Waals surface area contributed by atoms with Gasteiger partial charge in [-0.05, 0) is 38.0 Å². The zero-order valence-corrected chi connectivity index (χ0v) is 9.57. The van der Waals surface area contributed by atoms with E-state index in [4.69, 9.17) is 0 Å². The van der Waals surface area contributed by atoms with E-state index in [2.05, 4.69) is 47.6 Å². The molecule has 0 aromatic rings. The second-order valence-corrected chi connectivity index (χ2v) is 5.13. The third kappa shape index (κ3) is 5.40. The number of allylic oxidation sites excluding steroid dienone is 2. The van der Waals surface area contributed by atoms with Crippen LogP contribution in [-0.4, -0.2) is 0 Å². The average Bonchev–Trinajstić information content (AvgIpc) is 1.84. The van der Waals surface area contributed by atoms with Crippen molar-refractivity contribution >= 4 is 0 Å². The van der Waals surface area contributed by atoms with Gasteiger partial charge in [-0.3, -0.25) is 0 Å². The molecule has 0 radical (unpaired) electrons. The van der Waals surface area contributed by atoms with Crippen molar-refractivity contribution in [3.63, 3.8) is 0 Å². The molecule has 1 atom stereocenters. The molecule has 12 heavy (non-hydrogen) atoms. The Balaban J connectivity index is 3.73. The van der Waals surface area contributed by atoms with E-state index in [1.807, 2.05) is 0 Å². The van der Waals surface area contributed by atoms with Gasteiger partial charge in [0.1, 0.15) is 0 Å². The maximum Gasteiger partial charge on any atom is -0.0346 e. The zero-order chi connectivity index (χ0) is 9.78. The Morgan fingerprint density at radius 1 is 1.25 bits per heavy atom. The zero-order valence-electron chi connectivity index (χ0n) is 9.57. The van der Waals surface area contributed by atoms with Crippen molar-refractivity contribution in [1.82, 2.24) is 0 Å². The lowest BCUT2D eigenvalue weighted by atomic mass is 9.79. The maximum absolute atomic E-state index is 2.35. The van der Waals surface area contributed by atoms with Crippen LogP contribution in [0, 0.1) is 11.3 Å². The molecule has 1 unspecified atom stereocenters. The van der Waals surface area contributed by atoms with Gasteiger partial charge in [-0.15, -0.1) is 0 Å². The van der Waals surface area contributed by atoms with E-state index in [0.29, 0.717) is 5.41 Å². The molecule has 0 aromatic carbocycles. The summed E-state index contributed by atoms with van der Waals surface area (Å²) in [4.78, 5) is 0. The fraction of sp³-hybridized carbons (Fsp3) is 0.833. The summed E-state index contributed by atoms with van der Waals surface area (Å²) in [5, 5.41) is 0. The van der Waals surface area contributed by atoms with Crippen LogP contribution in [0.2, 0.25) is 0 Å². The van der Waals surface area contributed by atoms with E-state index in [-0.39, 0.29) is 0 Å². The van der Waals surface area contributed by atoms with Crippen LogP contribution in [0.5, 0.6) is 0 Å². The first-order valence-electron chi connectivity index (χ1n) is 4.97. The quantitative estimate of drug-likeness (QED) is 0.547. The number of rotatable bonds is 3. The molecule has 0 aliphatic rings. The molecule has 0 heteroatoms. The van der Waals surface area contributed by atoms with Gasteiger partial charge in [-0.1, -0.05) is 39.3 Å². The van der Waals surface area contributed by atoms with Gasteiger partial charge < -0.3 is 0 Å². The molecule has 0 aromatic heterocycles. The minimum atomic E-state index is 0.468. The lowest BCUT2D eigenvalue weighted by Gasteiger charge is -2.26. The second-order valence-electron chi connectivity index (χ2n) is 5.13. The summed E-state index contributed by atoms with van der Waals surface area (Å²) in [5.41, 5.74) is 1.91. The number of hydrogen-bond acceptors (Lipinski definition) is 0. The van der Waals surface area contributed by atoms with Gasteiger partial charge in [0.15, 0.2) is 0 Å². The molecule has 0 aliphatic carbocycles. The molecular weight excluding hydrogens is 144 g/mol. The van der Waals surface area contributed by atoms with Crippen molar-refractivity contribution in [3.05, 3.63) is 11.6 Å². The molecule has 0 N–H and O–H groups in total. The summed E-state index contributed by atoms with van der Waals surface area (Å²) in [6.07, 6.45) is 4.89. The Labute approximate surface area is 78.1 Å². The van der Waals surface area contributed by atoms with Crippen LogP contribution in [-0.2, 0) is 0 Å².